The Balaban J connectivity index is 2.01. The Kier molecular flexibility index (Phi) is 1.86. The summed E-state index contributed by atoms with van der Waals surface area (Å²) < 4.78 is 4.89. The zero-order chi connectivity index (χ0) is 5.82. The maximum atomic E-state index is 7.96. The second-order valence-electron chi connectivity index (χ2n) is 1.94. The third kappa shape index (κ3) is 1.20. The molecule has 1 N–H and O–H groups in total. The molecule has 0 aromatic carbocycles. The van der Waals surface area contributed by atoms with Crippen LogP contribution in [0.2, 0.25) is 0 Å². The van der Waals surface area contributed by atoms with E-state index in [1.54, 1.807) is 0 Å². The van der Waals surface area contributed by atoms with Crippen molar-refractivity contribution in [2.75, 3.05) is 13.2 Å². The van der Waals surface area contributed by atoms with Crippen LogP contribution in [-0.2, 0) is 4.74 Å². The van der Waals surface area contributed by atoms with E-state index in [0.717, 1.165) is 19.6 Å². The molecule has 0 aliphatic carbocycles. The van der Waals surface area contributed by atoms with Crippen molar-refractivity contribution in [2.24, 2.45) is 11.1 Å². The van der Waals surface area contributed by atoms with Crippen LogP contribution in [0.1, 0.15) is 6.42 Å². The van der Waals surface area contributed by atoms with Crippen LogP contribution in [0.15, 0.2) is 5.16 Å². The van der Waals surface area contributed by atoms with Gasteiger partial charge in [-0.1, -0.05) is 0 Å². The quantitative estimate of drug-likeness (QED) is 0.323. The molecule has 0 atom stereocenters. The van der Waals surface area contributed by atoms with Crippen LogP contribution in [0.4, 0.5) is 0 Å². The molecule has 8 heavy (non-hydrogen) atoms. The van der Waals surface area contributed by atoms with Crippen LogP contribution in [0.5, 0.6) is 0 Å². The molecule has 1 heterocycles. The van der Waals surface area contributed by atoms with Crippen molar-refractivity contribution in [1.29, 1.82) is 0 Å². The van der Waals surface area contributed by atoms with E-state index >= 15 is 0 Å². The summed E-state index contributed by atoms with van der Waals surface area (Å²) in [4.78, 5) is 0. The van der Waals surface area contributed by atoms with E-state index in [-0.39, 0.29) is 0 Å². The van der Waals surface area contributed by atoms with E-state index in [1.807, 2.05) is 0 Å². The molecule has 0 saturated carbocycles. The van der Waals surface area contributed by atoms with Crippen molar-refractivity contribution in [3.05, 3.63) is 0 Å². The lowest BCUT2D eigenvalue weighted by Crippen LogP contribution is -2.27. The molecule has 1 saturated heterocycles. The Labute approximate surface area is 48.0 Å². The molecule has 1 aliphatic heterocycles. The van der Waals surface area contributed by atoms with Gasteiger partial charge in [0.1, 0.15) is 0 Å². The predicted octanol–water partition coefficient (Wildman–Crippen LogP) is 0.483. The molecule has 3 nitrogen and oxygen atoms in total. The summed E-state index contributed by atoms with van der Waals surface area (Å²) in [6.45, 7) is 1.65. The van der Waals surface area contributed by atoms with Gasteiger partial charge in [-0.05, 0) is 6.42 Å². The minimum atomic E-state index is 0.603. The molecule has 0 unspecified atom stereocenters. The standard InChI is InChI=1S/C5H9NO2/c7-6-2-1-5-3-8-4-5/h2,5,7H,1,3-4H2/b6-2+. The van der Waals surface area contributed by atoms with Crippen molar-refractivity contribution in [2.45, 2.75) is 6.42 Å². The second-order valence-corrected chi connectivity index (χ2v) is 1.94. The van der Waals surface area contributed by atoms with Gasteiger partial charge in [0, 0.05) is 12.1 Å². The molecule has 1 rings (SSSR count). The highest BCUT2D eigenvalue weighted by molar-refractivity contribution is 5.56. The van der Waals surface area contributed by atoms with Crippen molar-refractivity contribution in [3.63, 3.8) is 0 Å². The zero-order valence-electron chi connectivity index (χ0n) is 4.58. The highest BCUT2D eigenvalue weighted by Crippen LogP contribution is 2.11. The molecule has 1 fully saturated rings. The van der Waals surface area contributed by atoms with Crippen LogP contribution in [0.3, 0.4) is 0 Å². The third-order valence-electron chi connectivity index (χ3n) is 1.23. The highest BCUT2D eigenvalue weighted by atomic mass is 16.5. The van der Waals surface area contributed by atoms with Crippen LogP contribution < -0.4 is 0 Å². The number of oxime groups is 1. The van der Waals surface area contributed by atoms with E-state index in [0.29, 0.717) is 5.92 Å². The Hall–Kier alpha value is -0.570. The normalized spacial score (nSPS) is 21.5. The fraction of sp³-hybridized carbons (Fsp3) is 0.800. The Morgan fingerprint density at radius 3 is 2.88 bits per heavy atom. The molecule has 1 aliphatic rings. The predicted molar refractivity (Wildman–Crippen MR) is 29.2 cm³/mol. The summed E-state index contributed by atoms with van der Waals surface area (Å²) in [5.74, 6) is 0.603. The molecule has 0 spiro atoms. The first kappa shape index (κ1) is 5.56. The summed E-state index contributed by atoms with van der Waals surface area (Å²) in [5.41, 5.74) is 0. The Bertz CT molecular complexity index is 88.4. The molecular formula is C5H9NO2. The average molecular weight is 115 g/mol. The van der Waals surface area contributed by atoms with E-state index in [1.165, 1.54) is 6.21 Å². The number of hydrogen-bond acceptors (Lipinski definition) is 3. The number of hydrogen-bond donors (Lipinski definition) is 1. The van der Waals surface area contributed by atoms with Gasteiger partial charge in [0.2, 0.25) is 0 Å². The van der Waals surface area contributed by atoms with Gasteiger partial charge in [-0.2, -0.15) is 0 Å². The fourth-order valence-electron chi connectivity index (χ4n) is 0.617. The van der Waals surface area contributed by atoms with E-state index in [4.69, 9.17) is 9.94 Å². The first-order valence-corrected chi connectivity index (χ1v) is 2.67. The topological polar surface area (TPSA) is 41.8 Å². The van der Waals surface area contributed by atoms with Gasteiger partial charge in [-0.15, -0.1) is 5.16 Å². The number of rotatable bonds is 2. The van der Waals surface area contributed by atoms with Gasteiger partial charge in [0.25, 0.3) is 0 Å². The van der Waals surface area contributed by atoms with Crippen molar-refractivity contribution >= 4 is 6.21 Å². The number of nitrogens with zero attached hydrogens (tertiary/aromatic N) is 1. The Morgan fingerprint density at radius 1 is 1.75 bits per heavy atom. The minimum absolute atomic E-state index is 0.603. The van der Waals surface area contributed by atoms with E-state index in [9.17, 15) is 0 Å². The molecule has 46 valence electrons. The molecule has 0 amide bonds. The first-order chi connectivity index (χ1) is 3.93. The largest absolute Gasteiger partial charge is 0.411 e. The van der Waals surface area contributed by atoms with Gasteiger partial charge in [-0.3, -0.25) is 0 Å². The molecule has 0 radical (unpaired) electrons. The maximum Gasteiger partial charge on any atom is 0.0520 e. The van der Waals surface area contributed by atoms with E-state index < -0.39 is 0 Å². The maximum absolute atomic E-state index is 7.96. The second kappa shape index (κ2) is 2.67. The van der Waals surface area contributed by atoms with Gasteiger partial charge >= 0.3 is 0 Å². The van der Waals surface area contributed by atoms with E-state index in [2.05, 4.69) is 5.16 Å². The average Bonchev–Trinajstić information content (AvgIpc) is 1.63. The summed E-state index contributed by atoms with van der Waals surface area (Å²) >= 11 is 0. The lowest BCUT2D eigenvalue weighted by atomic mass is 10.1. The highest BCUT2D eigenvalue weighted by Gasteiger charge is 2.16. The van der Waals surface area contributed by atoms with Crippen LogP contribution in [-0.4, -0.2) is 24.6 Å². The van der Waals surface area contributed by atoms with Crippen molar-refractivity contribution < 1.29 is 9.94 Å². The lowest BCUT2D eigenvalue weighted by Gasteiger charge is -2.23. The van der Waals surface area contributed by atoms with Crippen molar-refractivity contribution in [1.82, 2.24) is 0 Å². The molecule has 3 heteroatoms. The number of ether oxygens (including phenoxy) is 1. The zero-order valence-corrected chi connectivity index (χ0v) is 4.58. The molecule has 0 bridgehead atoms. The molecule has 0 aromatic heterocycles. The van der Waals surface area contributed by atoms with Gasteiger partial charge < -0.3 is 9.94 Å². The van der Waals surface area contributed by atoms with Crippen LogP contribution in [0, 0.1) is 5.92 Å². The summed E-state index contributed by atoms with van der Waals surface area (Å²) in [5, 5.41) is 10.8. The lowest BCUT2D eigenvalue weighted by molar-refractivity contribution is -0.0276. The molecule has 0 aromatic rings. The minimum Gasteiger partial charge on any atom is -0.411 e. The summed E-state index contributed by atoms with van der Waals surface area (Å²) in [6.07, 6.45) is 2.35. The van der Waals surface area contributed by atoms with Crippen LogP contribution >= 0.6 is 0 Å². The summed E-state index contributed by atoms with van der Waals surface area (Å²) in [7, 11) is 0. The Morgan fingerprint density at radius 2 is 2.50 bits per heavy atom. The third-order valence-corrected chi connectivity index (χ3v) is 1.23. The molecular weight excluding hydrogens is 106 g/mol. The summed E-state index contributed by atoms with van der Waals surface area (Å²) in [6, 6.07) is 0. The first-order valence-electron chi connectivity index (χ1n) is 2.67. The van der Waals surface area contributed by atoms with Gasteiger partial charge in [-0.25, -0.2) is 0 Å². The monoisotopic (exact) mass is 115 g/mol. The smallest absolute Gasteiger partial charge is 0.0520 e. The van der Waals surface area contributed by atoms with Crippen molar-refractivity contribution in [3.8, 4) is 0 Å². The van der Waals surface area contributed by atoms with Gasteiger partial charge in [0.15, 0.2) is 0 Å². The SMILES string of the molecule is O/N=C/CC1COC1. The fourth-order valence-corrected chi connectivity index (χ4v) is 0.617. The van der Waals surface area contributed by atoms with Gasteiger partial charge in [0.05, 0.1) is 13.2 Å². The van der Waals surface area contributed by atoms with Crippen LogP contribution in [0.25, 0.3) is 0 Å².